The van der Waals surface area contributed by atoms with Gasteiger partial charge in [0.15, 0.2) is 6.61 Å². The van der Waals surface area contributed by atoms with Gasteiger partial charge >= 0.3 is 0 Å². The number of nitrogens with one attached hydrogen (secondary N) is 2. The number of hydrogen-bond acceptors (Lipinski definition) is 8. The molecular formula is C32H29N5O6. The molecule has 1 fully saturated rings. The number of amides is 3. The molecule has 0 radical (unpaired) electrons. The number of methoxy groups -OCH3 is 1. The summed E-state index contributed by atoms with van der Waals surface area (Å²) in [5.41, 5.74) is 3.07. The van der Waals surface area contributed by atoms with E-state index in [0.29, 0.717) is 33.9 Å². The largest absolute Gasteiger partial charge is 0.496 e. The van der Waals surface area contributed by atoms with Gasteiger partial charge in [-0.2, -0.15) is 0 Å². The monoisotopic (exact) mass is 579 g/mol. The van der Waals surface area contributed by atoms with Gasteiger partial charge in [0.05, 0.1) is 25.3 Å². The maximum atomic E-state index is 13.5. The van der Waals surface area contributed by atoms with E-state index >= 15 is 0 Å². The van der Waals surface area contributed by atoms with E-state index in [0.717, 1.165) is 11.1 Å². The lowest BCUT2D eigenvalue weighted by atomic mass is 10.1. The van der Waals surface area contributed by atoms with Crippen LogP contribution in [0.5, 0.6) is 17.2 Å². The van der Waals surface area contributed by atoms with E-state index in [-0.39, 0.29) is 44.0 Å². The number of carbonyl (C=O) groups is 3. The molecule has 43 heavy (non-hydrogen) atoms. The van der Waals surface area contributed by atoms with Crippen LogP contribution in [0.1, 0.15) is 26.3 Å². The lowest BCUT2D eigenvalue weighted by molar-refractivity contribution is -0.123. The first-order chi connectivity index (χ1) is 21.0. The van der Waals surface area contributed by atoms with Crippen LogP contribution in [0.2, 0.25) is 0 Å². The van der Waals surface area contributed by atoms with Crippen molar-refractivity contribution in [2.45, 2.75) is 18.7 Å². The number of aromatic nitrogens is 2. The molecule has 6 bridgehead atoms. The predicted octanol–water partition coefficient (Wildman–Crippen LogP) is 2.86. The Kier molecular flexibility index (Phi) is 7.86. The fourth-order valence-electron chi connectivity index (χ4n) is 5.13. The van der Waals surface area contributed by atoms with Crippen LogP contribution in [-0.2, 0) is 11.3 Å². The van der Waals surface area contributed by atoms with Gasteiger partial charge in [0, 0.05) is 60.6 Å². The molecule has 2 atom stereocenters. The molecule has 0 spiro atoms. The third-order valence-electron chi connectivity index (χ3n) is 7.36. The number of benzene rings is 2. The van der Waals surface area contributed by atoms with E-state index in [1.54, 1.807) is 72.0 Å². The zero-order valence-electron chi connectivity index (χ0n) is 23.4. The second-order valence-electron chi connectivity index (χ2n) is 10.2. The summed E-state index contributed by atoms with van der Waals surface area (Å²) in [5.74, 6) is 0.686. The van der Waals surface area contributed by atoms with E-state index in [9.17, 15) is 14.4 Å². The molecule has 3 amide bonds. The summed E-state index contributed by atoms with van der Waals surface area (Å²) < 4.78 is 17.7. The summed E-state index contributed by atoms with van der Waals surface area (Å²) in [6.07, 6.45) is 5.72. The van der Waals surface area contributed by atoms with E-state index in [4.69, 9.17) is 14.2 Å². The van der Waals surface area contributed by atoms with Crippen molar-refractivity contribution >= 4 is 17.7 Å². The van der Waals surface area contributed by atoms with Gasteiger partial charge in [-0.05, 0) is 48.0 Å². The van der Waals surface area contributed by atoms with Crippen molar-refractivity contribution in [1.82, 2.24) is 25.5 Å². The third kappa shape index (κ3) is 6.25. The minimum atomic E-state index is -0.555. The molecule has 3 aliphatic heterocycles. The molecule has 2 aromatic heterocycles. The Morgan fingerprint density at radius 2 is 1.77 bits per heavy atom. The van der Waals surface area contributed by atoms with Gasteiger partial charge in [0.1, 0.15) is 23.4 Å². The van der Waals surface area contributed by atoms with Crippen LogP contribution in [0.25, 0.3) is 11.1 Å². The first-order valence-corrected chi connectivity index (χ1v) is 13.8. The first-order valence-electron chi connectivity index (χ1n) is 13.8. The second-order valence-corrected chi connectivity index (χ2v) is 10.2. The van der Waals surface area contributed by atoms with Crippen LogP contribution < -0.4 is 24.8 Å². The molecule has 3 aliphatic rings. The molecule has 2 aromatic carbocycles. The zero-order valence-corrected chi connectivity index (χ0v) is 23.4. The molecule has 2 N–H and O–H groups in total. The van der Waals surface area contributed by atoms with E-state index in [2.05, 4.69) is 20.6 Å². The second kappa shape index (κ2) is 12.2. The highest BCUT2D eigenvalue weighted by molar-refractivity contribution is 5.96. The van der Waals surface area contributed by atoms with E-state index in [1.165, 1.54) is 13.3 Å². The third-order valence-corrected chi connectivity index (χ3v) is 7.36. The van der Waals surface area contributed by atoms with Crippen molar-refractivity contribution in [3.63, 3.8) is 0 Å². The summed E-state index contributed by atoms with van der Waals surface area (Å²) in [7, 11) is 1.54. The maximum absolute atomic E-state index is 13.5. The summed E-state index contributed by atoms with van der Waals surface area (Å²) >= 11 is 0. The van der Waals surface area contributed by atoms with Crippen molar-refractivity contribution < 1.29 is 28.6 Å². The predicted molar refractivity (Wildman–Crippen MR) is 156 cm³/mol. The molecule has 0 aliphatic carbocycles. The average Bonchev–Trinajstić information content (AvgIpc) is 3.44. The highest BCUT2D eigenvalue weighted by Gasteiger charge is 2.38. The van der Waals surface area contributed by atoms with Crippen molar-refractivity contribution in [1.29, 1.82) is 0 Å². The molecule has 0 saturated carbocycles. The Morgan fingerprint density at radius 3 is 2.60 bits per heavy atom. The number of nitrogens with zero attached hydrogens (tertiary/aromatic N) is 3. The van der Waals surface area contributed by atoms with Crippen molar-refractivity contribution in [2.24, 2.45) is 0 Å². The minimum Gasteiger partial charge on any atom is -0.496 e. The fourth-order valence-corrected chi connectivity index (χ4v) is 5.13. The lowest BCUT2D eigenvalue weighted by Gasteiger charge is -2.22. The molecule has 218 valence electrons. The fraction of sp³-hybridized carbons (Fsp3) is 0.219. The highest BCUT2D eigenvalue weighted by Crippen LogP contribution is 2.28. The Balaban J connectivity index is 1.34. The van der Waals surface area contributed by atoms with Gasteiger partial charge in [-0.25, -0.2) is 0 Å². The highest BCUT2D eigenvalue weighted by atomic mass is 16.5. The molecule has 0 unspecified atom stereocenters. The van der Waals surface area contributed by atoms with Crippen LogP contribution in [-0.4, -0.2) is 71.5 Å². The maximum Gasteiger partial charge on any atom is 0.258 e. The minimum absolute atomic E-state index is 0.175. The van der Waals surface area contributed by atoms with Gasteiger partial charge < -0.3 is 29.7 Å². The number of rotatable bonds is 2. The Morgan fingerprint density at radius 1 is 0.930 bits per heavy atom. The Bertz CT molecular complexity index is 1660. The molecule has 5 heterocycles. The quantitative estimate of drug-likeness (QED) is 0.371. The standard InChI is InChI=1S/C32H29N5O6/c1-41-28-13-26-6-5-22(28)16-35-30(38)19-42-25-4-2-3-21(12-25)23-11-24(15-34-14-23)31(39)36-27-17-37(18-29(27)43-26)32(40)20-7-9-33-10-8-20/h2-15,27,29H,16-19H2,1H3,(H,35,38)(H,36,39)/t27-,29-/m0/s1. The number of fused-ring (bicyclic) bond motifs is 7. The summed E-state index contributed by atoms with van der Waals surface area (Å²) in [5, 5.41) is 5.92. The zero-order chi connectivity index (χ0) is 29.8. The molecule has 7 rings (SSSR count). The van der Waals surface area contributed by atoms with E-state index in [1.807, 2.05) is 12.1 Å². The molecule has 11 nitrogen and oxygen atoms in total. The van der Waals surface area contributed by atoms with Gasteiger partial charge in [0.2, 0.25) is 0 Å². The summed E-state index contributed by atoms with van der Waals surface area (Å²) in [4.78, 5) is 49.3. The van der Waals surface area contributed by atoms with Gasteiger partial charge in [-0.1, -0.05) is 12.1 Å². The summed E-state index contributed by atoms with van der Waals surface area (Å²) in [6.45, 7) is 0.536. The van der Waals surface area contributed by atoms with Gasteiger partial charge in [-0.3, -0.25) is 24.4 Å². The van der Waals surface area contributed by atoms with Crippen molar-refractivity contribution in [3.05, 3.63) is 102 Å². The summed E-state index contributed by atoms with van der Waals surface area (Å²) in [6, 6.07) is 17.0. The lowest BCUT2D eigenvalue weighted by Crippen LogP contribution is -2.45. The number of ether oxygens (including phenoxy) is 3. The topological polar surface area (TPSA) is 132 Å². The van der Waals surface area contributed by atoms with E-state index < -0.39 is 12.1 Å². The van der Waals surface area contributed by atoms with Crippen LogP contribution in [0.15, 0.2) is 85.5 Å². The van der Waals surface area contributed by atoms with Crippen molar-refractivity contribution in [2.75, 3.05) is 26.8 Å². The van der Waals surface area contributed by atoms with Crippen LogP contribution in [0.4, 0.5) is 0 Å². The van der Waals surface area contributed by atoms with Crippen LogP contribution >= 0.6 is 0 Å². The first kappa shape index (κ1) is 27.7. The molecular weight excluding hydrogens is 550 g/mol. The number of hydrogen-bond donors (Lipinski definition) is 2. The number of pyridine rings is 2. The molecule has 1 saturated heterocycles. The Labute approximate surface area is 247 Å². The van der Waals surface area contributed by atoms with Gasteiger partial charge in [0.25, 0.3) is 17.7 Å². The number of carbonyl (C=O) groups excluding carboxylic acids is 3. The SMILES string of the molecule is COc1cc2ccc1CNC(=O)COc1cccc(c1)-c1cncc(c1)C(=O)N[C@H]1CN(C(=O)c3ccncc3)C[C@@H]1O2. The molecule has 11 heteroatoms. The van der Waals surface area contributed by atoms with Crippen LogP contribution in [0.3, 0.4) is 0 Å². The Hall–Kier alpha value is -5.45. The van der Waals surface area contributed by atoms with Crippen LogP contribution in [0, 0.1) is 0 Å². The average molecular weight is 580 g/mol. The normalized spacial score (nSPS) is 18.4. The van der Waals surface area contributed by atoms with Crippen molar-refractivity contribution in [3.8, 4) is 28.4 Å². The molecule has 4 aromatic rings. The van der Waals surface area contributed by atoms with Gasteiger partial charge in [-0.15, -0.1) is 0 Å². The number of likely N-dealkylation sites (tertiary alicyclic amines) is 1. The smallest absolute Gasteiger partial charge is 0.258 e.